The lowest BCUT2D eigenvalue weighted by atomic mass is 9.81. The molecule has 0 saturated heterocycles. The zero-order chi connectivity index (χ0) is 17.0. The minimum Gasteiger partial charge on any atom is -0.481 e. The van der Waals surface area contributed by atoms with Crippen LogP contribution in [0.3, 0.4) is 0 Å². The van der Waals surface area contributed by atoms with Gasteiger partial charge >= 0.3 is 5.97 Å². The van der Waals surface area contributed by atoms with Crippen LogP contribution in [0.5, 0.6) is 0 Å². The highest BCUT2D eigenvalue weighted by molar-refractivity contribution is 5.66. The van der Waals surface area contributed by atoms with E-state index in [-0.39, 0.29) is 6.42 Å². The molecule has 1 N–H and O–H groups in total. The first kappa shape index (κ1) is 19.0. The number of carboxylic acid groups (broad SMARTS) is 1. The quantitative estimate of drug-likeness (QED) is 0.228. The van der Waals surface area contributed by atoms with Crippen LogP contribution in [-0.4, -0.2) is 11.1 Å². The topological polar surface area (TPSA) is 86.1 Å². The lowest BCUT2D eigenvalue weighted by Crippen LogP contribution is -2.23. The average Bonchev–Trinajstić information content (AvgIpc) is 2.55. The van der Waals surface area contributed by atoms with Crippen LogP contribution in [0.2, 0.25) is 0 Å². The van der Waals surface area contributed by atoms with Gasteiger partial charge in [0.2, 0.25) is 0 Å². The Bertz CT molecular complexity index is 512. The Labute approximate surface area is 138 Å². The second kappa shape index (κ2) is 10.7. The van der Waals surface area contributed by atoms with E-state index in [4.69, 9.17) is 10.6 Å². The normalized spacial score (nSPS) is 13.1. The van der Waals surface area contributed by atoms with E-state index >= 15 is 0 Å². The van der Waals surface area contributed by atoms with Crippen molar-refractivity contribution in [3.05, 3.63) is 46.3 Å². The van der Waals surface area contributed by atoms with Gasteiger partial charge in [-0.1, -0.05) is 74.5 Å². The zero-order valence-electron chi connectivity index (χ0n) is 13.9. The molecule has 0 spiro atoms. The minimum absolute atomic E-state index is 0.103. The monoisotopic (exact) mass is 317 g/mol. The van der Waals surface area contributed by atoms with Gasteiger partial charge in [-0.2, -0.15) is 0 Å². The summed E-state index contributed by atoms with van der Waals surface area (Å²) in [7, 11) is 0. The summed E-state index contributed by atoms with van der Waals surface area (Å²) in [6.07, 6.45) is 7.66. The number of azide groups is 1. The van der Waals surface area contributed by atoms with Gasteiger partial charge in [0.1, 0.15) is 0 Å². The van der Waals surface area contributed by atoms with E-state index in [0.29, 0.717) is 12.8 Å². The summed E-state index contributed by atoms with van der Waals surface area (Å²) in [5.41, 5.74) is 9.41. The number of aliphatic carboxylic acids is 1. The van der Waals surface area contributed by atoms with Crippen molar-refractivity contribution in [3.63, 3.8) is 0 Å². The maximum atomic E-state index is 10.8. The highest BCUT2D eigenvalue weighted by atomic mass is 16.4. The van der Waals surface area contributed by atoms with Crippen LogP contribution in [0.25, 0.3) is 10.4 Å². The van der Waals surface area contributed by atoms with Gasteiger partial charge in [0.15, 0.2) is 0 Å². The van der Waals surface area contributed by atoms with E-state index in [2.05, 4.69) is 16.9 Å². The molecule has 0 radical (unpaired) electrons. The summed E-state index contributed by atoms with van der Waals surface area (Å²) in [4.78, 5) is 13.9. The standard InChI is InChI=1S/C18H27N3O2/c1-2-3-4-5-9-14-18(20-21-19,15-10-13-17(22)23)16-11-7-6-8-12-16/h6-8,11-12H,2-5,9-10,13-15H2,1H3,(H,22,23). The predicted molar refractivity (Wildman–Crippen MR) is 92.1 cm³/mol. The maximum Gasteiger partial charge on any atom is 0.303 e. The highest BCUT2D eigenvalue weighted by Gasteiger charge is 2.30. The largest absolute Gasteiger partial charge is 0.481 e. The van der Waals surface area contributed by atoms with Crippen molar-refractivity contribution >= 4 is 5.97 Å². The number of carbonyl (C=O) groups is 1. The van der Waals surface area contributed by atoms with Crippen molar-refractivity contribution in [2.45, 2.75) is 70.3 Å². The predicted octanol–water partition coefficient (Wildman–Crippen LogP) is 5.81. The summed E-state index contributed by atoms with van der Waals surface area (Å²) < 4.78 is 0. The summed E-state index contributed by atoms with van der Waals surface area (Å²) >= 11 is 0. The molecule has 23 heavy (non-hydrogen) atoms. The molecule has 1 atom stereocenters. The first-order valence-corrected chi connectivity index (χ1v) is 8.48. The fourth-order valence-corrected chi connectivity index (χ4v) is 2.96. The molecule has 0 amide bonds. The number of carboxylic acids is 1. The SMILES string of the molecule is CCCCCCCC(CCCC(=O)O)(N=[N+]=[N-])c1ccccc1. The Morgan fingerprint density at radius 3 is 2.39 bits per heavy atom. The minimum atomic E-state index is -0.809. The molecule has 0 aliphatic heterocycles. The van der Waals surface area contributed by atoms with E-state index in [1.54, 1.807) is 0 Å². The van der Waals surface area contributed by atoms with Crippen LogP contribution in [-0.2, 0) is 10.3 Å². The number of hydrogen-bond donors (Lipinski definition) is 1. The lowest BCUT2D eigenvalue weighted by Gasteiger charge is -2.29. The molecule has 0 aromatic heterocycles. The molecule has 0 saturated carbocycles. The van der Waals surface area contributed by atoms with Crippen LogP contribution in [0.15, 0.2) is 35.4 Å². The van der Waals surface area contributed by atoms with E-state index in [9.17, 15) is 4.79 Å². The van der Waals surface area contributed by atoms with Crippen LogP contribution in [0, 0.1) is 0 Å². The van der Waals surface area contributed by atoms with Crippen molar-refractivity contribution in [2.75, 3.05) is 0 Å². The van der Waals surface area contributed by atoms with Gasteiger partial charge in [0.25, 0.3) is 0 Å². The molecule has 1 aromatic carbocycles. The van der Waals surface area contributed by atoms with E-state index in [0.717, 1.165) is 24.8 Å². The van der Waals surface area contributed by atoms with Crippen LogP contribution in [0.4, 0.5) is 0 Å². The summed E-state index contributed by atoms with van der Waals surface area (Å²) in [6.45, 7) is 2.18. The third kappa shape index (κ3) is 6.74. The molecule has 0 bridgehead atoms. The van der Waals surface area contributed by atoms with E-state index in [1.807, 2.05) is 30.3 Å². The summed E-state index contributed by atoms with van der Waals surface area (Å²) in [5, 5.41) is 13.0. The van der Waals surface area contributed by atoms with Crippen molar-refractivity contribution < 1.29 is 9.90 Å². The molecule has 0 heterocycles. The lowest BCUT2D eigenvalue weighted by molar-refractivity contribution is -0.137. The molecule has 0 fully saturated rings. The number of nitrogens with zero attached hydrogens (tertiary/aromatic N) is 3. The molecule has 5 heteroatoms. The van der Waals surface area contributed by atoms with Crippen molar-refractivity contribution in [2.24, 2.45) is 5.11 Å². The first-order valence-electron chi connectivity index (χ1n) is 8.48. The van der Waals surface area contributed by atoms with Gasteiger partial charge in [-0.15, -0.1) is 0 Å². The fraction of sp³-hybridized carbons (Fsp3) is 0.611. The van der Waals surface area contributed by atoms with Gasteiger partial charge in [-0.3, -0.25) is 4.79 Å². The number of unbranched alkanes of at least 4 members (excludes halogenated alkanes) is 4. The Morgan fingerprint density at radius 2 is 1.78 bits per heavy atom. The molecular weight excluding hydrogens is 290 g/mol. The summed E-state index contributed by atoms with van der Waals surface area (Å²) in [6, 6.07) is 9.75. The number of hydrogen-bond acceptors (Lipinski definition) is 2. The second-order valence-corrected chi connectivity index (χ2v) is 6.00. The molecule has 126 valence electrons. The maximum absolute atomic E-state index is 10.8. The van der Waals surface area contributed by atoms with Gasteiger partial charge in [0, 0.05) is 11.3 Å². The van der Waals surface area contributed by atoms with Crippen LogP contribution in [0.1, 0.15) is 70.3 Å². The van der Waals surface area contributed by atoms with Crippen LogP contribution >= 0.6 is 0 Å². The Kier molecular flexibility index (Phi) is 8.85. The molecule has 5 nitrogen and oxygen atoms in total. The number of rotatable bonds is 12. The first-order chi connectivity index (χ1) is 11.1. The van der Waals surface area contributed by atoms with Crippen molar-refractivity contribution in [3.8, 4) is 0 Å². The third-order valence-corrected chi connectivity index (χ3v) is 4.22. The third-order valence-electron chi connectivity index (χ3n) is 4.22. The smallest absolute Gasteiger partial charge is 0.303 e. The summed E-state index contributed by atoms with van der Waals surface area (Å²) in [5.74, 6) is -0.809. The molecular formula is C18H27N3O2. The van der Waals surface area contributed by atoms with Crippen LogP contribution < -0.4 is 0 Å². The van der Waals surface area contributed by atoms with E-state index in [1.165, 1.54) is 19.3 Å². The van der Waals surface area contributed by atoms with E-state index < -0.39 is 11.5 Å². The molecule has 1 unspecified atom stereocenters. The van der Waals surface area contributed by atoms with Crippen molar-refractivity contribution in [1.82, 2.24) is 0 Å². The van der Waals surface area contributed by atoms with Gasteiger partial charge in [0.05, 0.1) is 5.54 Å². The average molecular weight is 317 g/mol. The Hall–Kier alpha value is -2.00. The Morgan fingerprint density at radius 1 is 1.13 bits per heavy atom. The second-order valence-electron chi connectivity index (χ2n) is 6.00. The molecule has 0 aliphatic carbocycles. The fourth-order valence-electron chi connectivity index (χ4n) is 2.96. The zero-order valence-corrected chi connectivity index (χ0v) is 13.9. The molecule has 1 aromatic rings. The van der Waals surface area contributed by atoms with Gasteiger partial charge in [-0.25, -0.2) is 0 Å². The van der Waals surface area contributed by atoms with Crippen molar-refractivity contribution in [1.29, 1.82) is 0 Å². The Balaban J connectivity index is 2.86. The molecule has 0 aliphatic rings. The number of benzene rings is 1. The van der Waals surface area contributed by atoms with Gasteiger partial charge < -0.3 is 5.11 Å². The van der Waals surface area contributed by atoms with Gasteiger partial charge in [-0.05, 0) is 30.4 Å². The highest BCUT2D eigenvalue weighted by Crippen LogP contribution is 2.37. The molecule has 1 rings (SSSR count).